The third kappa shape index (κ3) is 5.44. The molecule has 0 unspecified atom stereocenters. The summed E-state index contributed by atoms with van der Waals surface area (Å²) in [5.74, 6) is 0. The van der Waals surface area contributed by atoms with Gasteiger partial charge in [-0.15, -0.1) is 0 Å². The van der Waals surface area contributed by atoms with Gasteiger partial charge in [-0.1, -0.05) is 146 Å². The first-order chi connectivity index (χ1) is 29.2. The van der Waals surface area contributed by atoms with E-state index in [2.05, 4.69) is 228 Å². The summed E-state index contributed by atoms with van der Waals surface area (Å²) in [5, 5.41) is 9.41. The number of hydrogen-bond acceptors (Lipinski definition) is 2. The second-order valence-corrected chi connectivity index (χ2v) is 15.3. The largest absolute Gasteiger partial charge is 0.456 e. The Hall–Kier alpha value is -7.88. The lowest BCUT2D eigenvalue weighted by Crippen LogP contribution is -2.12. The highest BCUT2D eigenvalue weighted by Crippen LogP contribution is 2.48. The Morgan fingerprint density at radius 2 is 1.02 bits per heavy atom. The monoisotopic (exact) mass is 752 g/mol. The fourth-order valence-electron chi connectivity index (χ4n) is 9.17. The van der Waals surface area contributed by atoms with Crippen molar-refractivity contribution in [2.45, 2.75) is 0 Å². The average Bonchev–Trinajstić information content (AvgIpc) is 3.84. The van der Waals surface area contributed by atoms with E-state index in [1.165, 1.54) is 38.0 Å². The smallest absolute Gasteiger partial charge is 0.137 e. The Labute approximate surface area is 341 Å². The van der Waals surface area contributed by atoms with Crippen LogP contribution in [0.4, 0.5) is 17.1 Å². The van der Waals surface area contributed by atoms with Crippen LogP contribution in [0.25, 0.3) is 93.2 Å². The Morgan fingerprint density at radius 1 is 0.356 bits per heavy atom. The highest BCUT2D eigenvalue weighted by atomic mass is 16.3. The van der Waals surface area contributed by atoms with Crippen LogP contribution in [0.2, 0.25) is 0 Å². The second kappa shape index (κ2) is 13.4. The topological polar surface area (TPSA) is 21.3 Å². The van der Waals surface area contributed by atoms with Crippen molar-refractivity contribution in [3.63, 3.8) is 0 Å². The van der Waals surface area contributed by atoms with E-state index in [1.807, 2.05) is 0 Å². The summed E-state index contributed by atoms with van der Waals surface area (Å²) >= 11 is 0. The van der Waals surface area contributed by atoms with Gasteiger partial charge < -0.3 is 13.9 Å². The number of fused-ring (bicyclic) bond motifs is 8. The number of nitrogens with zero attached hydrogens (tertiary/aromatic N) is 2. The Bertz CT molecular complexity index is 3560. The first-order valence-electron chi connectivity index (χ1n) is 20.2. The van der Waals surface area contributed by atoms with Gasteiger partial charge in [0, 0.05) is 33.1 Å². The van der Waals surface area contributed by atoms with Gasteiger partial charge in [-0.25, -0.2) is 0 Å². The van der Waals surface area contributed by atoms with Crippen molar-refractivity contribution in [2.75, 3.05) is 4.90 Å². The van der Waals surface area contributed by atoms with Gasteiger partial charge in [-0.3, -0.25) is 0 Å². The van der Waals surface area contributed by atoms with Crippen LogP contribution in [0.5, 0.6) is 0 Å². The minimum atomic E-state index is 0.853. The van der Waals surface area contributed by atoms with Crippen molar-refractivity contribution in [1.82, 2.24) is 4.57 Å². The van der Waals surface area contributed by atoms with Gasteiger partial charge in [0.1, 0.15) is 11.2 Å². The van der Waals surface area contributed by atoms with E-state index < -0.39 is 0 Å². The maximum Gasteiger partial charge on any atom is 0.137 e. The molecule has 59 heavy (non-hydrogen) atoms. The van der Waals surface area contributed by atoms with Gasteiger partial charge in [-0.05, 0) is 111 Å². The second-order valence-electron chi connectivity index (χ2n) is 15.3. The van der Waals surface area contributed by atoms with Crippen LogP contribution in [-0.2, 0) is 0 Å². The van der Waals surface area contributed by atoms with Gasteiger partial charge in [0.15, 0.2) is 0 Å². The van der Waals surface area contributed by atoms with Gasteiger partial charge in [-0.2, -0.15) is 0 Å². The van der Waals surface area contributed by atoms with E-state index in [0.29, 0.717) is 0 Å². The number of benzene rings is 10. The van der Waals surface area contributed by atoms with Crippen LogP contribution in [0.15, 0.2) is 223 Å². The summed E-state index contributed by atoms with van der Waals surface area (Å²) in [4.78, 5) is 2.45. The molecule has 0 atom stereocenters. The molecule has 3 nitrogen and oxygen atoms in total. The molecule has 2 heterocycles. The zero-order chi connectivity index (χ0) is 38.9. The van der Waals surface area contributed by atoms with Crippen LogP contribution in [0.1, 0.15) is 0 Å². The third-order valence-corrected chi connectivity index (χ3v) is 11.9. The highest BCUT2D eigenvalue weighted by molar-refractivity contribution is 6.17. The fourth-order valence-corrected chi connectivity index (χ4v) is 9.17. The maximum atomic E-state index is 6.71. The van der Waals surface area contributed by atoms with Gasteiger partial charge in [0.05, 0.1) is 27.8 Å². The van der Waals surface area contributed by atoms with E-state index in [9.17, 15) is 0 Å². The van der Waals surface area contributed by atoms with Crippen molar-refractivity contribution >= 4 is 82.4 Å². The molecule has 0 aliphatic heterocycles. The Kier molecular flexibility index (Phi) is 7.54. The zero-order valence-electron chi connectivity index (χ0n) is 32.1. The average molecular weight is 753 g/mol. The molecule has 3 heteroatoms. The molecular weight excluding hydrogens is 717 g/mol. The molecule has 0 bridgehead atoms. The predicted octanol–water partition coefficient (Wildman–Crippen LogP) is 15.8. The molecule has 0 aliphatic carbocycles. The van der Waals surface area contributed by atoms with Crippen LogP contribution < -0.4 is 4.90 Å². The standard InChI is InChI=1S/C56H36N2O/c1-3-15-38(16-4-1)48-33-43(42-27-26-37-14-7-8-17-39(37)32-42)28-31-51(48)58(52-24-13-25-54-56(52)49-34-40-18-9-10-19-41(40)35-55(49)59-54)45-29-30-47-46-22-11-12-23-50(46)57(53(47)36-45)44-20-5-2-6-21-44/h1-36H. The van der Waals surface area contributed by atoms with Gasteiger partial charge in [0.2, 0.25) is 0 Å². The number of para-hydroxylation sites is 2. The van der Waals surface area contributed by atoms with E-state index in [1.54, 1.807) is 0 Å². The number of anilines is 3. The minimum Gasteiger partial charge on any atom is -0.456 e. The number of furan rings is 1. The van der Waals surface area contributed by atoms with Crippen LogP contribution in [0, 0.1) is 0 Å². The summed E-state index contributed by atoms with van der Waals surface area (Å²) < 4.78 is 9.10. The number of hydrogen-bond donors (Lipinski definition) is 0. The first kappa shape index (κ1) is 33.3. The molecule has 0 saturated heterocycles. The van der Waals surface area contributed by atoms with Gasteiger partial charge >= 0.3 is 0 Å². The van der Waals surface area contributed by atoms with Crippen LogP contribution in [0.3, 0.4) is 0 Å². The van der Waals surface area contributed by atoms with Crippen LogP contribution in [-0.4, -0.2) is 4.57 Å². The molecule has 0 N–H and O–H groups in total. The normalized spacial score (nSPS) is 11.7. The van der Waals surface area contributed by atoms with E-state index >= 15 is 0 Å². The minimum absolute atomic E-state index is 0.853. The summed E-state index contributed by atoms with van der Waals surface area (Å²) in [6.07, 6.45) is 0. The summed E-state index contributed by atoms with van der Waals surface area (Å²) in [7, 11) is 0. The molecule has 0 aliphatic rings. The summed E-state index contributed by atoms with van der Waals surface area (Å²) in [6.45, 7) is 0. The lowest BCUT2D eigenvalue weighted by molar-refractivity contribution is 0.669. The van der Waals surface area contributed by atoms with Crippen molar-refractivity contribution in [3.8, 4) is 27.9 Å². The highest BCUT2D eigenvalue weighted by Gasteiger charge is 2.24. The molecule has 10 aromatic carbocycles. The predicted molar refractivity (Wildman–Crippen MR) is 249 cm³/mol. The lowest BCUT2D eigenvalue weighted by Gasteiger charge is -2.29. The van der Waals surface area contributed by atoms with Crippen molar-refractivity contribution in [1.29, 1.82) is 0 Å². The zero-order valence-corrected chi connectivity index (χ0v) is 32.1. The van der Waals surface area contributed by atoms with Crippen molar-refractivity contribution in [2.24, 2.45) is 0 Å². The molecular formula is C56H36N2O. The molecule has 0 fully saturated rings. The molecule has 0 spiro atoms. The first-order valence-corrected chi connectivity index (χ1v) is 20.2. The molecule has 276 valence electrons. The molecule has 0 saturated carbocycles. The van der Waals surface area contributed by atoms with Crippen molar-refractivity contribution < 1.29 is 4.42 Å². The van der Waals surface area contributed by atoms with Crippen molar-refractivity contribution in [3.05, 3.63) is 218 Å². The van der Waals surface area contributed by atoms with Crippen LogP contribution >= 0.6 is 0 Å². The molecule has 0 amide bonds. The lowest BCUT2D eigenvalue weighted by atomic mass is 9.94. The Balaban J connectivity index is 1.17. The number of rotatable bonds is 6. The summed E-state index contributed by atoms with van der Waals surface area (Å²) in [5.41, 5.74) is 13.0. The third-order valence-electron chi connectivity index (χ3n) is 11.9. The summed E-state index contributed by atoms with van der Waals surface area (Å²) in [6, 6.07) is 78.9. The Morgan fingerprint density at radius 3 is 1.85 bits per heavy atom. The van der Waals surface area contributed by atoms with E-state index in [0.717, 1.165) is 72.3 Å². The molecule has 12 aromatic rings. The van der Waals surface area contributed by atoms with E-state index in [-0.39, 0.29) is 0 Å². The maximum absolute atomic E-state index is 6.71. The number of aromatic nitrogens is 1. The molecule has 12 rings (SSSR count). The van der Waals surface area contributed by atoms with Gasteiger partial charge in [0.25, 0.3) is 0 Å². The fraction of sp³-hybridized carbons (Fsp3) is 0. The molecule has 0 radical (unpaired) electrons. The molecule has 2 aromatic heterocycles. The SMILES string of the molecule is c1ccc(-c2cc(-c3ccc4ccccc4c3)ccc2N(c2ccc3c4ccccc4n(-c4ccccc4)c3c2)c2cccc3oc4cc5ccccc5cc4c23)cc1. The van der Waals surface area contributed by atoms with E-state index in [4.69, 9.17) is 4.42 Å². The quantitative estimate of drug-likeness (QED) is 0.169.